The number of aliphatic hydroxyl groups excluding tert-OH is 1. The third-order valence-corrected chi connectivity index (χ3v) is 2.40. The third kappa shape index (κ3) is 2.94. The van der Waals surface area contributed by atoms with E-state index in [-0.39, 0.29) is 12.0 Å². The summed E-state index contributed by atoms with van der Waals surface area (Å²) in [5, 5.41) is 9.11. The molecular weight excluding hydrogens is 184 g/mol. The number of carbonyl (C=O) groups is 1. The van der Waals surface area contributed by atoms with Crippen LogP contribution < -0.4 is 5.48 Å². The predicted molar refractivity (Wildman–Crippen MR) is 51.4 cm³/mol. The average molecular weight is 202 g/mol. The first kappa shape index (κ1) is 11.4. The van der Waals surface area contributed by atoms with Crippen LogP contribution >= 0.6 is 0 Å². The van der Waals surface area contributed by atoms with E-state index in [0.717, 1.165) is 12.8 Å². The largest absolute Gasteiger partial charge is 0.384 e. The summed E-state index contributed by atoms with van der Waals surface area (Å²) in [4.78, 5) is 18.3. The highest BCUT2D eigenvalue weighted by Crippen LogP contribution is 2.13. The molecule has 0 unspecified atom stereocenters. The molecular formula is C9H18N2O3. The number of amides is 1. The van der Waals surface area contributed by atoms with E-state index >= 15 is 0 Å². The highest BCUT2D eigenvalue weighted by molar-refractivity contribution is 5.80. The first-order chi connectivity index (χ1) is 6.65. The van der Waals surface area contributed by atoms with Crippen molar-refractivity contribution in [3.8, 4) is 0 Å². The number of aliphatic hydroxyl groups is 1. The Morgan fingerprint density at radius 2 is 2.14 bits per heavy atom. The molecule has 1 fully saturated rings. The van der Waals surface area contributed by atoms with E-state index in [4.69, 9.17) is 9.94 Å². The fraction of sp³-hybridized carbons (Fsp3) is 0.889. The second-order valence-corrected chi connectivity index (χ2v) is 3.52. The highest BCUT2D eigenvalue weighted by Gasteiger charge is 2.25. The minimum absolute atomic E-state index is 0.179. The van der Waals surface area contributed by atoms with Crippen LogP contribution in [-0.2, 0) is 9.63 Å². The SMILES string of the molecule is CNOC1CCN(C(=O)[C@@H](C)O)CC1. The number of hydrogen-bond donors (Lipinski definition) is 2. The number of likely N-dealkylation sites (tertiary alicyclic amines) is 1. The summed E-state index contributed by atoms with van der Waals surface area (Å²) < 4.78 is 0. The number of rotatable bonds is 3. The van der Waals surface area contributed by atoms with Gasteiger partial charge in [0.1, 0.15) is 6.10 Å². The molecule has 1 saturated heterocycles. The minimum atomic E-state index is -0.892. The molecule has 1 rings (SSSR count). The zero-order chi connectivity index (χ0) is 10.6. The van der Waals surface area contributed by atoms with Crippen molar-refractivity contribution in [2.45, 2.75) is 32.0 Å². The Bertz CT molecular complexity index is 188. The molecule has 2 N–H and O–H groups in total. The van der Waals surface area contributed by atoms with Gasteiger partial charge >= 0.3 is 0 Å². The maximum Gasteiger partial charge on any atom is 0.251 e. The van der Waals surface area contributed by atoms with Gasteiger partial charge in [-0.05, 0) is 19.8 Å². The van der Waals surface area contributed by atoms with Crippen molar-refractivity contribution in [1.82, 2.24) is 10.4 Å². The number of hydrogen-bond acceptors (Lipinski definition) is 4. The highest BCUT2D eigenvalue weighted by atomic mass is 16.7. The summed E-state index contributed by atoms with van der Waals surface area (Å²) >= 11 is 0. The molecule has 1 heterocycles. The number of nitrogens with zero attached hydrogens (tertiary/aromatic N) is 1. The second kappa shape index (κ2) is 5.29. The van der Waals surface area contributed by atoms with Gasteiger partial charge in [0.15, 0.2) is 0 Å². The Morgan fingerprint density at radius 3 is 2.57 bits per heavy atom. The van der Waals surface area contributed by atoms with Gasteiger partial charge in [0.25, 0.3) is 5.91 Å². The van der Waals surface area contributed by atoms with Crippen molar-refractivity contribution >= 4 is 5.91 Å². The molecule has 1 atom stereocenters. The van der Waals surface area contributed by atoms with Crippen LogP contribution in [-0.4, -0.2) is 48.3 Å². The van der Waals surface area contributed by atoms with Crippen LogP contribution in [0.25, 0.3) is 0 Å². The van der Waals surface area contributed by atoms with E-state index in [1.807, 2.05) is 0 Å². The molecule has 0 spiro atoms. The lowest BCUT2D eigenvalue weighted by molar-refractivity contribution is -0.142. The molecule has 1 amide bonds. The lowest BCUT2D eigenvalue weighted by atomic mass is 10.1. The van der Waals surface area contributed by atoms with Crippen molar-refractivity contribution in [2.24, 2.45) is 0 Å². The van der Waals surface area contributed by atoms with Gasteiger partial charge in [0, 0.05) is 20.1 Å². The van der Waals surface area contributed by atoms with Gasteiger partial charge in [-0.1, -0.05) is 0 Å². The molecule has 0 saturated carbocycles. The Hall–Kier alpha value is -0.650. The van der Waals surface area contributed by atoms with Crippen LogP contribution in [0.4, 0.5) is 0 Å². The summed E-state index contributed by atoms with van der Waals surface area (Å²) in [6.07, 6.45) is 0.924. The van der Waals surface area contributed by atoms with Gasteiger partial charge in [0.2, 0.25) is 0 Å². The van der Waals surface area contributed by atoms with Crippen molar-refractivity contribution in [3.63, 3.8) is 0 Å². The Morgan fingerprint density at radius 1 is 1.57 bits per heavy atom. The van der Waals surface area contributed by atoms with Crippen LogP contribution in [0, 0.1) is 0 Å². The van der Waals surface area contributed by atoms with Crippen LogP contribution in [0.3, 0.4) is 0 Å². The number of hydroxylamine groups is 1. The zero-order valence-electron chi connectivity index (χ0n) is 8.69. The summed E-state index contributed by atoms with van der Waals surface area (Å²) in [6, 6.07) is 0. The molecule has 0 aliphatic carbocycles. The molecule has 5 heteroatoms. The number of carbonyl (C=O) groups excluding carboxylic acids is 1. The van der Waals surface area contributed by atoms with E-state index in [1.54, 1.807) is 11.9 Å². The van der Waals surface area contributed by atoms with E-state index in [1.165, 1.54) is 6.92 Å². The van der Waals surface area contributed by atoms with Crippen LogP contribution in [0.2, 0.25) is 0 Å². The van der Waals surface area contributed by atoms with Gasteiger partial charge in [-0.15, -0.1) is 0 Å². The predicted octanol–water partition coefficient (Wildman–Crippen LogP) is -0.491. The summed E-state index contributed by atoms with van der Waals surface area (Å²) in [7, 11) is 1.73. The minimum Gasteiger partial charge on any atom is -0.384 e. The maximum absolute atomic E-state index is 11.4. The average Bonchev–Trinajstić information content (AvgIpc) is 2.18. The van der Waals surface area contributed by atoms with Crippen LogP contribution in [0.5, 0.6) is 0 Å². The molecule has 14 heavy (non-hydrogen) atoms. The lowest BCUT2D eigenvalue weighted by Gasteiger charge is -2.32. The quantitative estimate of drug-likeness (QED) is 0.606. The topological polar surface area (TPSA) is 61.8 Å². The fourth-order valence-corrected chi connectivity index (χ4v) is 1.62. The van der Waals surface area contributed by atoms with Gasteiger partial charge in [-0.2, -0.15) is 0 Å². The van der Waals surface area contributed by atoms with Gasteiger partial charge in [-0.3, -0.25) is 9.63 Å². The van der Waals surface area contributed by atoms with Gasteiger partial charge in [-0.25, -0.2) is 5.48 Å². The maximum atomic E-state index is 11.4. The van der Waals surface area contributed by atoms with Crippen molar-refractivity contribution in [1.29, 1.82) is 0 Å². The van der Waals surface area contributed by atoms with E-state index < -0.39 is 6.10 Å². The normalized spacial score (nSPS) is 20.9. The van der Waals surface area contributed by atoms with Gasteiger partial charge in [0.05, 0.1) is 6.10 Å². The molecule has 0 aromatic heterocycles. The van der Waals surface area contributed by atoms with E-state index in [9.17, 15) is 4.79 Å². The number of piperidine rings is 1. The first-order valence-electron chi connectivity index (χ1n) is 4.94. The second-order valence-electron chi connectivity index (χ2n) is 3.52. The Kier molecular flexibility index (Phi) is 4.31. The Labute approximate surface area is 84.0 Å². The standard InChI is InChI=1S/C9H18N2O3/c1-7(12)9(13)11-5-3-8(4-6-11)14-10-2/h7-8,10,12H,3-6H2,1-2H3/t7-/m1/s1. The van der Waals surface area contributed by atoms with Crippen LogP contribution in [0.15, 0.2) is 0 Å². The van der Waals surface area contributed by atoms with Crippen molar-refractivity contribution in [3.05, 3.63) is 0 Å². The molecule has 0 aromatic rings. The van der Waals surface area contributed by atoms with Crippen LogP contribution in [0.1, 0.15) is 19.8 Å². The van der Waals surface area contributed by atoms with Crippen molar-refractivity contribution < 1.29 is 14.7 Å². The van der Waals surface area contributed by atoms with E-state index in [0.29, 0.717) is 13.1 Å². The first-order valence-corrected chi connectivity index (χ1v) is 4.94. The molecule has 82 valence electrons. The molecule has 5 nitrogen and oxygen atoms in total. The number of nitrogens with one attached hydrogen (secondary N) is 1. The molecule has 0 aromatic carbocycles. The molecule has 0 radical (unpaired) electrons. The monoisotopic (exact) mass is 202 g/mol. The lowest BCUT2D eigenvalue weighted by Crippen LogP contribution is -2.45. The summed E-state index contributed by atoms with van der Waals surface area (Å²) in [6.45, 7) is 2.82. The third-order valence-electron chi connectivity index (χ3n) is 2.40. The fourth-order valence-electron chi connectivity index (χ4n) is 1.62. The molecule has 0 bridgehead atoms. The smallest absolute Gasteiger partial charge is 0.251 e. The summed E-state index contributed by atoms with van der Waals surface area (Å²) in [5.74, 6) is -0.187. The Balaban J connectivity index is 2.32. The zero-order valence-corrected chi connectivity index (χ0v) is 8.69. The van der Waals surface area contributed by atoms with E-state index in [2.05, 4.69) is 5.48 Å². The molecule has 1 aliphatic heterocycles. The summed E-state index contributed by atoms with van der Waals surface area (Å²) in [5.41, 5.74) is 2.65. The van der Waals surface area contributed by atoms with Gasteiger partial charge < -0.3 is 10.0 Å². The molecule has 1 aliphatic rings. The van der Waals surface area contributed by atoms with Crippen molar-refractivity contribution in [2.75, 3.05) is 20.1 Å².